The molecular weight excluding hydrogens is 314 g/mol. The maximum atomic E-state index is 12.8. The number of benzene rings is 1. The van der Waals surface area contributed by atoms with Crippen LogP contribution in [0.5, 0.6) is 5.75 Å². The average Bonchev–Trinajstić information content (AvgIpc) is 2.52. The molecule has 0 bridgehead atoms. The van der Waals surface area contributed by atoms with Crippen LogP contribution in [0, 0.1) is 19.8 Å². The predicted molar refractivity (Wildman–Crippen MR) is 104 cm³/mol. The van der Waals surface area contributed by atoms with Crippen LogP contribution in [-0.4, -0.2) is 24.7 Å². The molecule has 142 valence electrons. The Balaban J connectivity index is 2.92. The van der Waals surface area contributed by atoms with Gasteiger partial charge in [0.2, 0.25) is 0 Å². The highest BCUT2D eigenvalue weighted by molar-refractivity contribution is 5.97. The number of hydrogen-bond donors (Lipinski definition) is 1. The monoisotopic (exact) mass is 349 g/mol. The van der Waals surface area contributed by atoms with Gasteiger partial charge in [-0.15, -0.1) is 0 Å². The summed E-state index contributed by atoms with van der Waals surface area (Å²) in [5, 5.41) is 3.03. The molecule has 0 unspecified atom stereocenters. The predicted octanol–water partition coefficient (Wildman–Crippen LogP) is 5.26. The Labute approximate surface area is 153 Å². The van der Waals surface area contributed by atoms with E-state index in [1.165, 1.54) is 0 Å². The van der Waals surface area contributed by atoms with E-state index < -0.39 is 5.60 Å². The van der Waals surface area contributed by atoms with E-state index in [-0.39, 0.29) is 5.91 Å². The van der Waals surface area contributed by atoms with E-state index in [2.05, 4.69) is 26.1 Å². The molecule has 0 aliphatic rings. The molecule has 1 aromatic rings. The Bertz CT molecular complexity index is 545. The third kappa shape index (κ3) is 6.35. The van der Waals surface area contributed by atoms with Crippen LogP contribution in [0.15, 0.2) is 12.1 Å². The summed E-state index contributed by atoms with van der Waals surface area (Å²) < 4.78 is 11.8. The van der Waals surface area contributed by atoms with Gasteiger partial charge in [-0.05, 0) is 62.8 Å². The molecule has 1 atom stereocenters. The highest BCUT2D eigenvalue weighted by atomic mass is 16.5. The van der Waals surface area contributed by atoms with Crippen LogP contribution in [0.25, 0.3) is 0 Å². The van der Waals surface area contributed by atoms with Crippen LogP contribution >= 0.6 is 0 Å². The largest absolute Gasteiger partial charge is 0.493 e. The van der Waals surface area contributed by atoms with Crippen molar-refractivity contribution in [2.45, 2.75) is 73.3 Å². The van der Waals surface area contributed by atoms with Gasteiger partial charge in [0.25, 0.3) is 5.91 Å². The Kier molecular flexibility index (Phi) is 8.43. The minimum atomic E-state index is -0.792. The van der Waals surface area contributed by atoms with Crippen LogP contribution in [0.3, 0.4) is 0 Å². The van der Waals surface area contributed by atoms with Crippen molar-refractivity contribution in [1.29, 1.82) is 0 Å². The van der Waals surface area contributed by atoms with Gasteiger partial charge >= 0.3 is 0 Å². The molecule has 0 aromatic heterocycles. The van der Waals surface area contributed by atoms with Gasteiger partial charge in [-0.2, -0.15) is 0 Å². The topological polar surface area (TPSA) is 47.6 Å². The van der Waals surface area contributed by atoms with E-state index in [0.29, 0.717) is 25.6 Å². The van der Waals surface area contributed by atoms with Crippen LogP contribution in [0.2, 0.25) is 0 Å². The van der Waals surface area contributed by atoms with Gasteiger partial charge in [0, 0.05) is 12.3 Å². The lowest BCUT2D eigenvalue weighted by Gasteiger charge is -2.28. The number of aryl methyl sites for hydroxylation is 2. The number of anilines is 1. The first-order chi connectivity index (χ1) is 11.7. The second-order valence-electron chi connectivity index (χ2n) is 7.43. The summed E-state index contributed by atoms with van der Waals surface area (Å²) in [4.78, 5) is 12.8. The highest BCUT2D eigenvalue weighted by Gasteiger charge is 2.33. The summed E-state index contributed by atoms with van der Waals surface area (Å²) in [5.74, 6) is 1.30. The van der Waals surface area contributed by atoms with E-state index in [0.717, 1.165) is 35.4 Å². The maximum absolute atomic E-state index is 12.8. The molecule has 0 aliphatic carbocycles. The second kappa shape index (κ2) is 9.81. The molecule has 0 aliphatic heterocycles. The molecule has 0 spiro atoms. The van der Waals surface area contributed by atoms with Crippen molar-refractivity contribution in [1.82, 2.24) is 0 Å². The van der Waals surface area contributed by atoms with Gasteiger partial charge < -0.3 is 14.8 Å². The van der Waals surface area contributed by atoms with E-state index in [4.69, 9.17) is 9.47 Å². The molecule has 1 rings (SSSR count). The van der Waals surface area contributed by atoms with Crippen LogP contribution in [0.4, 0.5) is 5.69 Å². The number of ether oxygens (including phenoxy) is 2. The lowest BCUT2D eigenvalue weighted by atomic mass is 9.98. The second-order valence-corrected chi connectivity index (χ2v) is 7.43. The molecule has 1 amide bonds. The van der Waals surface area contributed by atoms with E-state index in [1.807, 2.05) is 39.8 Å². The fourth-order valence-electron chi connectivity index (χ4n) is 2.82. The van der Waals surface area contributed by atoms with Gasteiger partial charge in [-0.3, -0.25) is 4.79 Å². The minimum absolute atomic E-state index is 0.0857. The number of nitrogens with one attached hydrogen (secondary N) is 1. The number of carbonyl (C=O) groups is 1. The molecule has 1 N–H and O–H groups in total. The van der Waals surface area contributed by atoms with Crippen molar-refractivity contribution in [2.24, 2.45) is 5.92 Å². The van der Waals surface area contributed by atoms with E-state index in [1.54, 1.807) is 0 Å². The molecule has 0 radical (unpaired) electrons. The zero-order valence-corrected chi connectivity index (χ0v) is 17.0. The van der Waals surface area contributed by atoms with Crippen molar-refractivity contribution in [2.75, 3.05) is 18.5 Å². The quantitative estimate of drug-likeness (QED) is 0.626. The third-order valence-corrected chi connectivity index (χ3v) is 4.11. The first-order valence-corrected chi connectivity index (χ1v) is 9.43. The summed E-state index contributed by atoms with van der Waals surface area (Å²) in [6, 6.07) is 3.93. The standard InChI is InChI=1S/C21H35NO3/c1-8-10-21(7,25-11-9-2)20(23)22-18-12-16(5)19(17(6)13-18)24-14-15(3)4/h12-13,15H,8-11,14H2,1-7H3,(H,22,23)/t21-/m1/s1. The zero-order chi connectivity index (χ0) is 19.0. The normalized spacial score (nSPS) is 13.6. The lowest BCUT2D eigenvalue weighted by molar-refractivity contribution is -0.140. The number of rotatable bonds is 10. The van der Waals surface area contributed by atoms with Crippen molar-refractivity contribution in [3.63, 3.8) is 0 Å². The van der Waals surface area contributed by atoms with Gasteiger partial charge in [0.1, 0.15) is 11.4 Å². The summed E-state index contributed by atoms with van der Waals surface area (Å²) in [6.07, 6.45) is 2.49. The van der Waals surface area contributed by atoms with Crippen LogP contribution in [-0.2, 0) is 9.53 Å². The number of amides is 1. The minimum Gasteiger partial charge on any atom is -0.493 e. The fourth-order valence-corrected chi connectivity index (χ4v) is 2.82. The summed E-state index contributed by atoms with van der Waals surface area (Å²) >= 11 is 0. The smallest absolute Gasteiger partial charge is 0.256 e. The Morgan fingerprint density at radius 2 is 1.76 bits per heavy atom. The van der Waals surface area contributed by atoms with Gasteiger partial charge in [-0.1, -0.05) is 34.1 Å². The Morgan fingerprint density at radius 1 is 1.16 bits per heavy atom. The Hall–Kier alpha value is -1.55. The van der Waals surface area contributed by atoms with E-state index in [9.17, 15) is 4.79 Å². The first-order valence-electron chi connectivity index (χ1n) is 9.43. The number of hydrogen-bond acceptors (Lipinski definition) is 3. The third-order valence-electron chi connectivity index (χ3n) is 4.11. The molecule has 0 saturated carbocycles. The average molecular weight is 350 g/mol. The van der Waals surface area contributed by atoms with Crippen LogP contribution in [0.1, 0.15) is 65.0 Å². The molecular formula is C21H35NO3. The first kappa shape index (κ1) is 21.5. The molecule has 0 fully saturated rings. The highest BCUT2D eigenvalue weighted by Crippen LogP contribution is 2.29. The molecule has 0 heterocycles. The molecule has 4 nitrogen and oxygen atoms in total. The molecule has 1 aromatic carbocycles. The van der Waals surface area contributed by atoms with Gasteiger partial charge in [0.15, 0.2) is 0 Å². The van der Waals surface area contributed by atoms with Crippen molar-refractivity contribution in [3.05, 3.63) is 23.3 Å². The van der Waals surface area contributed by atoms with Crippen molar-refractivity contribution < 1.29 is 14.3 Å². The molecule has 25 heavy (non-hydrogen) atoms. The maximum Gasteiger partial charge on any atom is 0.256 e. The Morgan fingerprint density at radius 3 is 2.24 bits per heavy atom. The van der Waals surface area contributed by atoms with Crippen LogP contribution < -0.4 is 10.1 Å². The SMILES string of the molecule is CCCO[C@](C)(CCC)C(=O)Nc1cc(C)c(OCC(C)C)c(C)c1. The number of carbonyl (C=O) groups excluding carboxylic acids is 1. The summed E-state index contributed by atoms with van der Waals surface area (Å²) in [7, 11) is 0. The van der Waals surface area contributed by atoms with Gasteiger partial charge in [-0.25, -0.2) is 0 Å². The molecule has 4 heteroatoms. The van der Waals surface area contributed by atoms with Gasteiger partial charge in [0.05, 0.1) is 6.61 Å². The van der Waals surface area contributed by atoms with Crippen molar-refractivity contribution >= 4 is 11.6 Å². The van der Waals surface area contributed by atoms with E-state index >= 15 is 0 Å². The zero-order valence-electron chi connectivity index (χ0n) is 17.0. The fraction of sp³-hybridized carbons (Fsp3) is 0.667. The lowest BCUT2D eigenvalue weighted by Crippen LogP contribution is -2.43. The molecule has 0 saturated heterocycles. The summed E-state index contributed by atoms with van der Waals surface area (Å²) in [5.41, 5.74) is 2.06. The summed E-state index contributed by atoms with van der Waals surface area (Å²) in [6.45, 7) is 15.5. The van der Waals surface area contributed by atoms with Crippen molar-refractivity contribution in [3.8, 4) is 5.75 Å².